The number of fused-ring (bicyclic) bond motifs is 8. The molecule has 4 heteroatoms. The van der Waals surface area contributed by atoms with E-state index in [4.69, 9.17) is 17.7 Å². The van der Waals surface area contributed by atoms with Gasteiger partial charge in [0.25, 0.3) is 0 Å². The van der Waals surface area contributed by atoms with Crippen LogP contribution in [-0.2, 0) is 16.2 Å². The number of hydrogen-bond donors (Lipinski definition) is 0. The van der Waals surface area contributed by atoms with Crippen molar-refractivity contribution in [2.45, 2.75) is 70.6 Å². The zero-order chi connectivity index (χ0) is 22.2. The summed E-state index contributed by atoms with van der Waals surface area (Å²) in [7, 11) is 0. The van der Waals surface area contributed by atoms with E-state index in [1.54, 1.807) is 0 Å². The Morgan fingerprint density at radius 3 is 1.03 bits per heavy atom. The monoisotopic (exact) mass is 418 g/mol. The molecule has 8 bridgehead atoms. The van der Waals surface area contributed by atoms with Crippen molar-refractivity contribution in [3.8, 4) is 0 Å². The van der Waals surface area contributed by atoms with Crippen molar-refractivity contribution in [3.05, 3.63) is 94.6 Å². The van der Waals surface area contributed by atoms with Crippen molar-refractivity contribution in [1.82, 2.24) is 0 Å². The van der Waals surface area contributed by atoms with E-state index in [0.29, 0.717) is 0 Å². The average molecular weight is 419 g/mol. The number of furan rings is 4. The Kier molecular flexibility index (Phi) is 4.09. The van der Waals surface area contributed by atoms with Crippen LogP contribution in [0.25, 0.3) is 0 Å². The normalized spacial score (nSPS) is 19.5. The van der Waals surface area contributed by atoms with E-state index in [1.165, 1.54) is 0 Å². The molecule has 162 valence electrons. The van der Waals surface area contributed by atoms with E-state index >= 15 is 0 Å². The van der Waals surface area contributed by atoms with Crippen LogP contribution in [0.15, 0.2) is 66.2 Å². The van der Waals surface area contributed by atoms with Crippen molar-refractivity contribution in [3.63, 3.8) is 0 Å². The summed E-state index contributed by atoms with van der Waals surface area (Å²) >= 11 is 0. The molecule has 5 heterocycles. The van der Waals surface area contributed by atoms with Gasteiger partial charge in [-0.1, -0.05) is 0 Å². The molecule has 0 unspecified atom stereocenters. The SMILES string of the molecule is CC1c2ccc(o2)C(C)(C)c2ccc(o2)C(C)(C)c2ccc(o2)C(C)(C)c2ccc1o2. The molecule has 1 aliphatic heterocycles. The van der Waals surface area contributed by atoms with Gasteiger partial charge < -0.3 is 17.7 Å². The van der Waals surface area contributed by atoms with Gasteiger partial charge in [0.05, 0.1) is 22.2 Å². The van der Waals surface area contributed by atoms with E-state index in [0.717, 1.165) is 46.1 Å². The van der Waals surface area contributed by atoms with Gasteiger partial charge in [0.2, 0.25) is 0 Å². The van der Waals surface area contributed by atoms with E-state index in [2.05, 4.69) is 48.5 Å². The topological polar surface area (TPSA) is 52.6 Å². The lowest BCUT2D eigenvalue weighted by molar-refractivity contribution is 0.285. The van der Waals surface area contributed by atoms with Gasteiger partial charge in [-0.3, -0.25) is 0 Å². The quantitative estimate of drug-likeness (QED) is 0.297. The Hall–Kier alpha value is -2.88. The second kappa shape index (κ2) is 6.32. The summed E-state index contributed by atoms with van der Waals surface area (Å²) < 4.78 is 25.5. The summed E-state index contributed by atoms with van der Waals surface area (Å²) in [5.74, 6) is 6.94. The maximum absolute atomic E-state index is 6.41. The van der Waals surface area contributed by atoms with Crippen molar-refractivity contribution in [1.29, 1.82) is 0 Å². The molecule has 0 amide bonds. The third-order valence-corrected chi connectivity index (χ3v) is 7.02. The Labute approximate surface area is 183 Å². The van der Waals surface area contributed by atoms with Crippen LogP contribution >= 0.6 is 0 Å². The lowest BCUT2D eigenvalue weighted by Gasteiger charge is -2.24. The van der Waals surface area contributed by atoms with Gasteiger partial charge in [0.15, 0.2) is 0 Å². The van der Waals surface area contributed by atoms with E-state index in [-0.39, 0.29) is 5.92 Å². The van der Waals surface area contributed by atoms with Gasteiger partial charge >= 0.3 is 0 Å². The summed E-state index contributed by atoms with van der Waals surface area (Å²) in [6, 6.07) is 16.4. The van der Waals surface area contributed by atoms with Crippen molar-refractivity contribution in [2.75, 3.05) is 0 Å². The zero-order valence-electron chi connectivity index (χ0n) is 19.3. The summed E-state index contributed by atoms with van der Waals surface area (Å²) in [6.07, 6.45) is 0. The average Bonchev–Trinajstić information content (AvgIpc) is 3.51. The molecule has 0 saturated carbocycles. The fourth-order valence-corrected chi connectivity index (χ4v) is 4.37. The van der Waals surface area contributed by atoms with Crippen LogP contribution in [0.4, 0.5) is 0 Å². The Morgan fingerprint density at radius 1 is 0.452 bits per heavy atom. The summed E-state index contributed by atoms with van der Waals surface area (Å²) in [5.41, 5.74) is -1.24. The van der Waals surface area contributed by atoms with Gasteiger partial charge in [-0.15, -0.1) is 0 Å². The minimum absolute atomic E-state index is 0.000244. The molecule has 4 aromatic heterocycles. The van der Waals surface area contributed by atoms with Crippen molar-refractivity contribution < 1.29 is 17.7 Å². The van der Waals surface area contributed by atoms with Crippen LogP contribution in [0.2, 0.25) is 0 Å². The Bertz CT molecular complexity index is 1140. The van der Waals surface area contributed by atoms with Crippen LogP contribution < -0.4 is 0 Å². The first-order valence-corrected chi connectivity index (χ1v) is 10.9. The molecular formula is C27H30O4. The lowest BCUT2D eigenvalue weighted by atomic mass is 9.87. The molecule has 0 atom stereocenters. The second-order valence-electron chi connectivity index (χ2n) is 10.3. The predicted molar refractivity (Wildman–Crippen MR) is 119 cm³/mol. The Balaban J connectivity index is 1.73. The first kappa shape index (κ1) is 20.0. The summed E-state index contributed by atoms with van der Waals surface area (Å²) in [4.78, 5) is 0. The standard InChI is InChI=1S/C27H30O4/c1-16-17-8-10-19(28-17)25(2,3)21-12-14-23(30-21)27(6,7)24-15-13-22(31-24)26(4,5)20-11-9-18(16)29-20/h8-16H,1-7H3. The van der Waals surface area contributed by atoms with Gasteiger partial charge in [-0.05, 0) is 97.0 Å². The fourth-order valence-electron chi connectivity index (χ4n) is 4.37. The smallest absolute Gasteiger partial charge is 0.117 e. The van der Waals surface area contributed by atoms with Crippen molar-refractivity contribution in [2.24, 2.45) is 0 Å². The molecule has 0 N–H and O–H groups in total. The highest BCUT2D eigenvalue weighted by atomic mass is 16.4. The largest absolute Gasteiger partial charge is 0.464 e. The molecule has 0 aromatic carbocycles. The maximum atomic E-state index is 6.41. The lowest BCUT2D eigenvalue weighted by Crippen LogP contribution is -2.20. The highest BCUT2D eigenvalue weighted by molar-refractivity contribution is 5.36. The first-order valence-electron chi connectivity index (χ1n) is 10.9. The van der Waals surface area contributed by atoms with Crippen molar-refractivity contribution >= 4 is 0 Å². The van der Waals surface area contributed by atoms with Gasteiger partial charge in [0.1, 0.15) is 46.1 Å². The molecule has 0 spiro atoms. The molecule has 4 aromatic rings. The van der Waals surface area contributed by atoms with Crippen LogP contribution in [0.5, 0.6) is 0 Å². The van der Waals surface area contributed by atoms with E-state index in [9.17, 15) is 0 Å². The minimum atomic E-state index is -0.420. The zero-order valence-corrected chi connectivity index (χ0v) is 19.3. The van der Waals surface area contributed by atoms with Gasteiger partial charge in [-0.2, -0.15) is 0 Å². The van der Waals surface area contributed by atoms with E-state index in [1.807, 2.05) is 48.5 Å². The fraction of sp³-hybridized carbons (Fsp3) is 0.407. The minimum Gasteiger partial charge on any atom is -0.464 e. The molecule has 0 aliphatic carbocycles. The Morgan fingerprint density at radius 2 is 0.710 bits per heavy atom. The third-order valence-electron chi connectivity index (χ3n) is 7.02. The predicted octanol–water partition coefficient (Wildman–Crippen LogP) is 7.50. The van der Waals surface area contributed by atoms with Crippen LogP contribution in [0, 0.1) is 0 Å². The molecule has 0 fully saturated rings. The highest BCUT2D eigenvalue weighted by Crippen LogP contribution is 2.43. The molecule has 4 nitrogen and oxygen atoms in total. The third kappa shape index (κ3) is 2.88. The molecule has 1 aliphatic rings. The summed E-state index contributed by atoms with van der Waals surface area (Å²) in [6.45, 7) is 14.8. The van der Waals surface area contributed by atoms with Crippen LogP contribution in [-0.4, -0.2) is 0 Å². The van der Waals surface area contributed by atoms with Gasteiger partial charge in [-0.25, -0.2) is 0 Å². The second-order valence-corrected chi connectivity index (χ2v) is 10.3. The molecule has 0 saturated heterocycles. The maximum Gasteiger partial charge on any atom is 0.117 e. The first-order chi connectivity index (χ1) is 14.5. The highest BCUT2D eigenvalue weighted by Gasteiger charge is 2.38. The van der Waals surface area contributed by atoms with E-state index < -0.39 is 16.2 Å². The van der Waals surface area contributed by atoms with Gasteiger partial charge in [0, 0.05) is 0 Å². The number of hydrogen-bond acceptors (Lipinski definition) is 4. The van der Waals surface area contributed by atoms with Crippen LogP contribution in [0.3, 0.4) is 0 Å². The molecule has 31 heavy (non-hydrogen) atoms. The molecule has 5 rings (SSSR count). The van der Waals surface area contributed by atoms with Crippen LogP contribution in [0.1, 0.15) is 100 Å². The summed E-state index contributed by atoms with van der Waals surface area (Å²) in [5, 5.41) is 0. The number of rotatable bonds is 0. The molecule has 0 radical (unpaired) electrons. The molecular weight excluding hydrogens is 388 g/mol.